The minimum atomic E-state index is -1.07. The van der Waals surface area contributed by atoms with E-state index < -0.39 is 12.0 Å². The van der Waals surface area contributed by atoms with Crippen LogP contribution in [0.1, 0.15) is 5.56 Å². The first-order chi connectivity index (χ1) is 8.08. The molecule has 1 aliphatic heterocycles. The van der Waals surface area contributed by atoms with Crippen molar-refractivity contribution in [2.45, 2.75) is 12.5 Å². The molecule has 17 heavy (non-hydrogen) atoms. The van der Waals surface area contributed by atoms with E-state index in [9.17, 15) is 9.59 Å². The number of aliphatic carboxylic acids is 1. The lowest BCUT2D eigenvalue weighted by Crippen LogP contribution is -2.33. The fourth-order valence-corrected chi connectivity index (χ4v) is 1.66. The van der Waals surface area contributed by atoms with Gasteiger partial charge in [0.15, 0.2) is 6.61 Å². The van der Waals surface area contributed by atoms with Crippen LogP contribution in [0.4, 0.5) is 5.69 Å². The third kappa shape index (κ3) is 2.36. The number of amides is 1. The topological polar surface area (TPSA) is 102 Å². The summed E-state index contributed by atoms with van der Waals surface area (Å²) in [6, 6.07) is 4.17. The van der Waals surface area contributed by atoms with E-state index in [1.807, 2.05) is 0 Å². The molecule has 0 aliphatic carbocycles. The number of para-hydroxylation sites is 1. The van der Waals surface area contributed by atoms with Crippen molar-refractivity contribution in [2.24, 2.45) is 5.73 Å². The lowest BCUT2D eigenvalue weighted by molar-refractivity contribution is -0.138. The largest absolute Gasteiger partial charge is 0.481 e. The van der Waals surface area contributed by atoms with Crippen molar-refractivity contribution in [2.75, 3.05) is 11.9 Å². The van der Waals surface area contributed by atoms with Gasteiger partial charge in [-0.25, -0.2) is 0 Å². The summed E-state index contributed by atoms with van der Waals surface area (Å²) >= 11 is 0. The van der Waals surface area contributed by atoms with Gasteiger partial charge in [0.1, 0.15) is 11.8 Å². The third-order valence-corrected chi connectivity index (χ3v) is 2.48. The van der Waals surface area contributed by atoms with Crippen LogP contribution in [-0.4, -0.2) is 29.6 Å². The van der Waals surface area contributed by atoms with Gasteiger partial charge >= 0.3 is 5.97 Å². The van der Waals surface area contributed by atoms with E-state index in [1.54, 1.807) is 18.2 Å². The van der Waals surface area contributed by atoms with Gasteiger partial charge in [-0.3, -0.25) is 9.59 Å². The Morgan fingerprint density at radius 2 is 2.35 bits per heavy atom. The molecule has 0 saturated carbocycles. The highest BCUT2D eigenvalue weighted by Crippen LogP contribution is 2.32. The lowest BCUT2D eigenvalue weighted by Gasteiger charge is -2.21. The Labute approximate surface area is 97.4 Å². The normalized spacial score (nSPS) is 15.5. The summed E-state index contributed by atoms with van der Waals surface area (Å²) in [7, 11) is 0. The number of carbonyl (C=O) groups is 2. The molecule has 0 aromatic heterocycles. The second kappa shape index (κ2) is 4.42. The summed E-state index contributed by atoms with van der Waals surface area (Å²) in [6.07, 6.45) is 0.161. The predicted molar refractivity (Wildman–Crippen MR) is 59.9 cm³/mol. The molecule has 1 heterocycles. The Balaban J connectivity index is 2.27. The highest BCUT2D eigenvalue weighted by molar-refractivity contribution is 5.95. The second-order valence-electron chi connectivity index (χ2n) is 3.78. The van der Waals surface area contributed by atoms with Crippen molar-refractivity contribution in [1.29, 1.82) is 0 Å². The summed E-state index contributed by atoms with van der Waals surface area (Å²) in [4.78, 5) is 21.8. The SMILES string of the molecule is NC(Cc1cccc2c1OCC(=O)N2)C(=O)O. The average molecular weight is 236 g/mol. The number of hydrogen-bond acceptors (Lipinski definition) is 4. The molecule has 90 valence electrons. The molecule has 1 unspecified atom stereocenters. The minimum absolute atomic E-state index is 0.0632. The summed E-state index contributed by atoms with van der Waals surface area (Å²) in [5.41, 5.74) is 6.70. The van der Waals surface area contributed by atoms with E-state index in [0.29, 0.717) is 17.0 Å². The van der Waals surface area contributed by atoms with E-state index >= 15 is 0 Å². The molecule has 1 aliphatic rings. The fraction of sp³-hybridized carbons (Fsp3) is 0.273. The first-order valence-electron chi connectivity index (χ1n) is 5.11. The smallest absolute Gasteiger partial charge is 0.320 e. The number of anilines is 1. The Bertz CT molecular complexity index is 473. The highest BCUT2D eigenvalue weighted by atomic mass is 16.5. The summed E-state index contributed by atoms with van der Waals surface area (Å²) in [6.45, 7) is -0.0632. The first kappa shape index (κ1) is 11.4. The molecular formula is C11H12N2O4. The van der Waals surface area contributed by atoms with Gasteiger partial charge < -0.3 is 20.9 Å². The number of carboxylic acids is 1. The number of ether oxygens (including phenoxy) is 1. The Kier molecular flexibility index (Phi) is 2.97. The monoisotopic (exact) mass is 236 g/mol. The maximum Gasteiger partial charge on any atom is 0.320 e. The van der Waals surface area contributed by atoms with E-state index in [-0.39, 0.29) is 18.9 Å². The number of nitrogens with one attached hydrogen (secondary N) is 1. The molecule has 0 saturated heterocycles. The Morgan fingerprint density at radius 3 is 3.06 bits per heavy atom. The Morgan fingerprint density at radius 1 is 1.59 bits per heavy atom. The molecule has 1 aromatic carbocycles. The summed E-state index contributed by atoms with van der Waals surface area (Å²) in [5, 5.41) is 11.4. The number of carbonyl (C=O) groups excluding carboxylic acids is 1. The van der Waals surface area contributed by atoms with Gasteiger partial charge in [0.05, 0.1) is 5.69 Å². The molecule has 1 atom stereocenters. The Hall–Kier alpha value is -2.08. The van der Waals surface area contributed by atoms with Crippen molar-refractivity contribution in [3.05, 3.63) is 23.8 Å². The maximum atomic E-state index is 11.1. The molecule has 6 heteroatoms. The molecule has 4 N–H and O–H groups in total. The van der Waals surface area contributed by atoms with Gasteiger partial charge in [-0.05, 0) is 11.6 Å². The van der Waals surface area contributed by atoms with E-state index in [4.69, 9.17) is 15.6 Å². The van der Waals surface area contributed by atoms with Gasteiger partial charge in [-0.2, -0.15) is 0 Å². The molecule has 0 spiro atoms. The maximum absolute atomic E-state index is 11.1. The second-order valence-corrected chi connectivity index (χ2v) is 3.78. The van der Waals surface area contributed by atoms with E-state index in [2.05, 4.69) is 5.32 Å². The highest BCUT2D eigenvalue weighted by Gasteiger charge is 2.21. The summed E-state index contributed by atoms with van der Waals surface area (Å²) in [5.74, 6) is -0.788. The van der Waals surface area contributed by atoms with Gasteiger partial charge in [0, 0.05) is 6.42 Å². The quantitative estimate of drug-likeness (QED) is 0.684. The van der Waals surface area contributed by atoms with E-state index in [1.165, 1.54) is 0 Å². The molecule has 0 bridgehead atoms. The zero-order valence-electron chi connectivity index (χ0n) is 8.97. The van der Waals surface area contributed by atoms with Gasteiger partial charge in [0.25, 0.3) is 5.91 Å². The molecule has 6 nitrogen and oxygen atoms in total. The molecule has 1 aromatic rings. The fourth-order valence-electron chi connectivity index (χ4n) is 1.66. The molecule has 0 radical (unpaired) electrons. The predicted octanol–water partition coefficient (Wildman–Crippen LogP) is -0.0281. The lowest BCUT2D eigenvalue weighted by atomic mass is 10.0. The van der Waals surface area contributed by atoms with Crippen LogP contribution in [0.15, 0.2) is 18.2 Å². The van der Waals surface area contributed by atoms with Crippen LogP contribution in [0.3, 0.4) is 0 Å². The van der Waals surface area contributed by atoms with Crippen LogP contribution >= 0.6 is 0 Å². The molecule has 1 amide bonds. The van der Waals surface area contributed by atoms with Crippen molar-refractivity contribution >= 4 is 17.6 Å². The third-order valence-electron chi connectivity index (χ3n) is 2.48. The number of rotatable bonds is 3. The van der Waals surface area contributed by atoms with Gasteiger partial charge in [-0.15, -0.1) is 0 Å². The van der Waals surface area contributed by atoms with Crippen molar-refractivity contribution < 1.29 is 19.4 Å². The van der Waals surface area contributed by atoms with E-state index in [0.717, 1.165) is 0 Å². The zero-order valence-corrected chi connectivity index (χ0v) is 8.97. The molecular weight excluding hydrogens is 224 g/mol. The van der Waals surface area contributed by atoms with Crippen LogP contribution in [-0.2, 0) is 16.0 Å². The number of fused-ring (bicyclic) bond motifs is 1. The number of nitrogens with two attached hydrogens (primary N) is 1. The van der Waals surface area contributed by atoms with Gasteiger partial charge in [0.2, 0.25) is 0 Å². The minimum Gasteiger partial charge on any atom is -0.481 e. The van der Waals surface area contributed by atoms with Crippen LogP contribution in [0.25, 0.3) is 0 Å². The first-order valence-corrected chi connectivity index (χ1v) is 5.11. The standard InChI is InChI=1S/C11H12N2O4/c12-7(11(15)16)4-6-2-1-3-8-10(6)17-5-9(14)13-8/h1-3,7H,4-5,12H2,(H,13,14)(H,15,16). The van der Waals surface area contributed by atoms with Gasteiger partial charge in [-0.1, -0.05) is 12.1 Å². The molecule has 0 fully saturated rings. The van der Waals surface area contributed by atoms with Crippen LogP contribution in [0, 0.1) is 0 Å². The van der Waals surface area contributed by atoms with Crippen molar-refractivity contribution in [3.8, 4) is 5.75 Å². The number of hydrogen-bond donors (Lipinski definition) is 3. The van der Waals surface area contributed by atoms with Crippen LogP contribution in [0.2, 0.25) is 0 Å². The number of benzene rings is 1. The van der Waals surface area contributed by atoms with Crippen LogP contribution < -0.4 is 15.8 Å². The number of carboxylic acid groups (broad SMARTS) is 1. The zero-order chi connectivity index (χ0) is 12.4. The van der Waals surface area contributed by atoms with Crippen molar-refractivity contribution in [3.63, 3.8) is 0 Å². The van der Waals surface area contributed by atoms with Crippen LogP contribution in [0.5, 0.6) is 5.75 Å². The van der Waals surface area contributed by atoms with Crippen molar-refractivity contribution in [1.82, 2.24) is 0 Å². The average Bonchev–Trinajstić information content (AvgIpc) is 2.28. The summed E-state index contributed by atoms with van der Waals surface area (Å²) < 4.78 is 5.29. The molecule has 2 rings (SSSR count).